The first kappa shape index (κ1) is 31.2. The van der Waals surface area contributed by atoms with Crippen LogP contribution in [0.5, 0.6) is 0 Å². The molecule has 1 amide bonds. The third-order valence-corrected chi connectivity index (χ3v) is 6.34. The van der Waals surface area contributed by atoms with Crippen LogP contribution in [0.3, 0.4) is 0 Å². The molecule has 0 heterocycles. The number of nitrogens with one attached hydrogen (secondary N) is 2. The van der Waals surface area contributed by atoms with E-state index in [0.29, 0.717) is 12.8 Å². The molecule has 1 aliphatic carbocycles. The summed E-state index contributed by atoms with van der Waals surface area (Å²) in [5.74, 6) is -0.951. The van der Waals surface area contributed by atoms with Crippen molar-refractivity contribution >= 4 is 5.91 Å². The summed E-state index contributed by atoms with van der Waals surface area (Å²) < 4.78 is 121. The van der Waals surface area contributed by atoms with Gasteiger partial charge in [0.15, 0.2) is 6.04 Å². The minimum atomic E-state index is -5.24. The van der Waals surface area contributed by atoms with Crippen LogP contribution in [-0.4, -0.2) is 40.9 Å². The van der Waals surface area contributed by atoms with E-state index in [9.17, 15) is 49.8 Å². The van der Waals surface area contributed by atoms with Gasteiger partial charge in [-0.25, -0.2) is 4.39 Å². The van der Waals surface area contributed by atoms with Gasteiger partial charge in [0.05, 0.1) is 12.1 Å². The first-order chi connectivity index (χ1) is 18.3. The highest BCUT2D eigenvalue weighted by Gasteiger charge is 2.49. The lowest BCUT2D eigenvalue weighted by Gasteiger charge is -2.30. The molecule has 2 N–H and O–H groups in total. The second-order valence-electron chi connectivity index (χ2n) is 10.2. The summed E-state index contributed by atoms with van der Waals surface area (Å²) in [4.78, 5) is 12.8. The number of nitrogens with zero attached hydrogens (tertiary/aromatic N) is 2. The number of rotatable bonds is 10. The second kappa shape index (κ2) is 11.3. The highest BCUT2D eigenvalue weighted by molar-refractivity contribution is 5.83. The van der Waals surface area contributed by atoms with Crippen molar-refractivity contribution in [2.75, 3.05) is 0 Å². The predicted molar refractivity (Wildman–Crippen MR) is 126 cm³/mol. The van der Waals surface area contributed by atoms with Crippen molar-refractivity contribution < 1.29 is 44.5 Å². The summed E-state index contributed by atoms with van der Waals surface area (Å²) in [6.07, 6.45) is -10.1. The molecule has 2 aromatic carbocycles. The van der Waals surface area contributed by atoms with E-state index < -0.39 is 64.9 Å². The summed E-state index contributed by atoms with van der Waals surface area (Å²) in [6, 6.07) is 3.24. The van der Waals surface area contributed by atoms with Gasteiger partial charge in [0, 0.05) is 11.8 Å². The molecular formula is C26H25F9N4O. The topological polar surface area (TPSA) is 68.2 Å². The zero-order chi connectivity index (χ0) is 30.1. The molecule has 1 fully saturated rings. The maximum atomic E-state index is 14.4. The van der Waals surface area contributed by atoms with Gasteiger partial charge < -0.3 is 5.32 Å². The SMILES string of the molecule is CC(C)(F)CC(NC(c1ccc(-c2ccc(C(N(F)F)C(F)(F)F)cc2)cc1)C(F)(F)F)C(=O)NC1(C#N)CC1. The van der Waals surface area contributed by atoms with Crippen molar-refractivity contribution in [3.8, 4) is 17.2 Å². The summed E-state index contributed by atoms with van der Waals surface area (Å²) in [6.45, 7) is 2.20. The van der Waals surface area contributed by atoms with E-state index in [1.54, 1.807) is 0 Å². The lowest BCUT2D eigenvalue weighted by atomic mass is 9.95. The maximum Gasteiger partial charge on any atom is 0.413 e. The van der Waals surface area contributed by atoms with Crippen LogP contribution in [-0.2, 0) is 4.79 Å². The van der Waals surface area contributed by atoms with Crippen LogP contribution in [0.4, 0.5) is 39.7 Å². The fourth-order valence-corrected chi connectivity index (χ4v) is 4.14. The van der Waals surface area contributed by atoms with E-state index in [-0.39, 0.29) is 16.7 Å². The van der Waals surface area contributed by atoms with Crippen LogP contribution in [0.25, 0.3) is 11.1 Å². The Labute approximate surface area is 223 Å². The molecule has 0 aliphatic heterocycles. The Balaban J connectivity index is 1.85. The van der Waals surface area contributed by atoms with Gasteiger partial charge in [0.1, 0.15) is 17.2 Å². The predicted octanol–water partition coefficient (Wildman–Crippen LogP) is 6.90. The zero-order valence-corrected chi connectivity index (χ0v) is 21.2. The van der Waals surface area contributed by atoms with Gasteiger partial charge in [-0.15, -0.1) is 8.96 Å². The molecule has 2 aromatic rings. The molecule has 0 bridgehead atoms. The van der Waals surface area contributed by atoms with Gasteiger partial charge >= 0.3 is 12.4 Å². The highest BCUT2D eigenvalue weighted by atomic mass is 19.4. The summed E-state index contributed by atoms with van der Waals surface area (Å²) >= 11 is 0. The molecule has 40 heavy (non-hydrogen) atoms. The largest absolute Gasteiger partial charge is 0.413 e. The molecule has 1 saturated carbocycles. The molecular weight excluding hydrogens is 555 g/mol. The number of benzene rings is 2. The quantitative estimate of drug-likeness (QED) is 0.237. The minimum Gasteiger partial charge on any atom is -0.336 e. The summed E-state index contributed by atoms with van der Waals surface area (Å²) in [5.41, 5.74) is -3.76. The fraction of sp³-hybridized carbons (Fsp3) is 0.462. The van der Waals surface area contributed by atoms with Crippen LogP contribution < -0.4 is 10.6 Å². The molecule has 0 spiro atoms. The lowest BCUT2D eigenvalue weighted by molar-refractivity contribution is -0.288. The molecule has 3 rings (SSSR count). The van der Waals surface area contributed by atoms with E-state index in [2.05, 4.69) is 10.6 Å². The Kier molecular flexibility index (Phi) is 8.81. The number of amides is 1. The van der Waals surface area contributed by atoms with Crippen molar-refractivity contribution in [3.63, 3.8) is 0 Å². The summed E-state index contributed by atoms with van der Waals surface area (Å²) in [5, 5.41) is 11.8. The minimum absolute atomic E-state index is 0.250. The third-order valence-electron chi connectivity index (χ3n) is 6.34. The number of carbonyl (C=O) groups is 1. The zero-order valence-electron chi connectivity index (χ0n) is 21.2. The Bertz CT molecular complexity index is 1210. The molecule has 14 heteroatoms. The third kappa shape index (κ3) is 7.88. The Morgan fingerprint density at radius 3 is 1.73 bits per heavy atom. The van der Waals surface area contributed by atoms with E-state index in [4.69, 9.17) is 0 Å². The molecule has 3 unspecified atom stereocenters. The average molecular weight is 580 g/mol. The summed E-state index contributed by atoms with van der Waals surface area (Å²) in [7, 11) is 0. The molecule has 1 aliphatic rings. The first-order valence-electron chi connectivity index (χ1n) is 12.0. The second-order valence-corrected chi connectivity index (χ2v) is 10.2. The standard InChI is InChI=1S/C26H25F9N4O/c1-23(2,27)13-19(22(40)38-24(14-36)11-12-24)37-20(25(28,29)30)17-7-3-15(4-8-17)16-5-9-18(10-6-16)21(39(34)35)26(31,32)33/h3-10,19-21,37H,11-13H2,1-2H3,(H,38,40). The number of alkyl halides is 7. The average Bonchev–Trinajstić information content (AvgIpc) is 3.59. The van der Waals surface area contributed by atoms with Gasteiger partial charge in [-0.1, -0.05) is 48.5 Å². The van der Waals surface area contributed by atoms with Gasteiger partial charge in [-0.3, -0.25) is 10.1 Å². The van der Waals surface area contributed by atoms with E-state index in [0.717, 1.165) is 50.2 Å². The first-order valence-corrected chi connectivity index (χ1v) is 12.0. The molecule has 0 saturated heterocycles. The van der Waals surface area contributed by atoms with Crippen molar-refractivity contribution in [3.05, 3.63) is 59.7 Å². The number of hydrogen-bond donors (Lipinski definition) is 2. The maximum absolute atomic E-state index is 14.4. The Morgan fingerprint density at radius 2 is 1.38 bits per heavy atom. The smallest absolute Gasteiger partial charge is 0.336 e. The Hall–Kier alpha value is -3.31. The van der Waals surface area contributed by atoms with Crippen LogP contribution >= 0.6 is 0 Å². The number of nitriles is 1. The number of halogens is 9. The van der Waals surface area contributed by atoms with Gasteiger partial charge in [0.2, 0.25) is 5.91 Å². The van der Waals surface area contributed by atoms with E-state index in [1.807, 2.05) is 6.07 Å². The van der Waals surface area contributed by atoms with Gasteiger partial charge in [-0.05, 0) is 48.9 Å². The number of carbonyl (C=O) groups excluding carboxylic acids is 1. The molecule has 5 nitrogen and oxygen atoms in total. The van der Waals surface area contributed by atoms with E-state index in [1.165, 1.54) is 12.1 Å². The van der Waals surface area contributed by atoms with Crippen LogP contribution in [0, 0.1) is 11.3 Å². The van der Waals surface area contributed by atoms with Crippen molar-refractivity contribution in [1.82, 2.24) is 16.0 Å². The number of hydrogen-bond acceptors (Lipinski definition) is 4. The van der Waals surface area contributed by atoms with Gasteiger partial charge in [-0.2, -0.15) is 31.6 Å². The van der Waals surface area contributed by atoms with Crippen LogP contribution in [0.2, 0.25) is 0 Å². The fourth-order valence-electron chi connectivity index (χ4n) is 4.14. The Morgan fingerprint density at radius 1 is 0.900 bits per heavy atom. The van der Waals surface area contributed by atoms with Crippen molar-refractivity contribution in [2.45, 2.75) is 74.8 Å². The molecule has 3 atom stereocenters. The van der Waals surface area contributed by atoms with Crippen LogP contribution in [0.1, 0.15) is 56.3 Å². The van der Waals surface area contributed by atoms with Crippen molar-refractivity contribution in [2.24, 2.45) is 0 Å². The molecule has 0 aromatic heterocycles. The van der Waals surface area contributed by atoms with Gasteiger partial charge in [0.25, 0.3) is 0 Å². The van der Waals surface area contributed by atoms with E-state index >= 15 is 0 Å². The molecule has 218 valence electrons. The van der Waals surface area contributed by atoms with Crippen LogP contribution in [0.15, 0.2) is 48.5 Å². The monoisotopic (exact) mass is 580 g/mol. The normalized spacial score (nSPS) is 17.6. The highest BCUT2D eigenvalue weighted by Crippen LogP contribution is 2.40. The van der Waals surface area contributed by atoms with Crippen molar-refractivity contribution in [1.29, 1.82) is 5.26 Å². The molecule has 0 radical (unpaired) electrons. The lowest BCUT2D eigenvalue weighted by Crippen LogP contribution is -2.53.